The molecule has 0 saturated carbocycles. The number of rotatable bonds is 6. The van der Waals surface area contributed by atoms with Crippen molar-refractivity contribution in [2.45, 2.75) is 76.9 Å². The first-order valence-electron chi connectivity index (χ1n) is 10.8. The standard InChI is InChI=1S/C18H24F2NO4P.C3H9ISi/c1-3-24-26(23,25-4-2)17-10-7-13-6-9-16(21(13)18(17)22)14-8-5-12(19)11-15(14)20;1-5(2,3)4/h5,8,11,13,16-17H,3-4,6-7,9-10H2,1-2H3;1-3H3/t13-,16+,17?;/m1./s1. The smallest absolute Gasteiger partial charge is 0.332 e. The van der Waals surface area contributed by atoms with Crippen LogP contribution in [0, 0.1) is 11.6 Å². The van der Waals surface area contributed by atoms with E-state index in [9.17, 15) is 18.1 Å². The maximum Gasteiger partial charge on any atom is 0.343 e. The van der Waals surface area contributed by atoms with Gasteiger partial charge in [0.1, 0.15) is 22.9 Å². The lowest BCUT2D eigenvalue weighted by molar-refractivity contribution is -0.137. The summed E-state index contributed by atoms with van der Waals surface area (Å²) >= 11 is 2.52. The molecule has 31 heavy (non-hydrogen) atoms. The monoisotopic (exact) mass is 587 g/mol. The van der Waals surface area contributed by atoms with Gasteiger partial charge in [-0.05, 0) is 45.6 Å². The highest BCUT2D eigenvalue weighted by Crippen LogP contribution is 2.58. The van der Waals surface area contributed by atoms with Gasteiger partial charge in [0.25, 0.3) is 0 Å². The molecule has 1 aromatic rings. The highest BCUT2D eigenvalue weighted by molar-refractivity contribution is 14.1. The van der Waals surface area contributed by atoms with Gasteiger partial charge in [-0.3, -0.25) is 9.36 Å². The molecule has 5 nitrogen and oxygen atoms in total. The largest absolute Gasteiger partial charge is 0.343 e. The zero-order chi connectivity index (χ0) is 23.4. The van der Waals surface area contributed by atoms with Gasteiger partial charge in [-0.15, -0.1) is 21.8 Å². The van der Waals surface area contributed by atoms with Gasteiger partial charge >= 0.3 is 7.60 Å². The molecule has 0 spiro atoms. The molecule has 2 fully saturated rings. The van der Waals surface area contributed by atoms with Crippen LogP contribution in [0.4, 0.5) is 8.78 Å². The van der Waals surface area contributed by atoms with Crippen LogP contribution in [-0.2, 0) is 18.4 Å². The normalized spacial score (nSPS) is 23.9. The molecule has 3 atom stereocenters. The molecule has 3 rings (SSSR count). The van der Waals surface area contributed by atoms with Crippen molar-refractivity contribution in [1.82, 2.24) is 4.90 Å². The number of amides is 1. The zero-order valence-electron chi connectivity index (χ0n) is 18.9. The summed E-state index contributed by atoms with van der Waals surface area (Å²) in [6.07, 6.45) is 2.43. The second kappa shape index (κ2) is 11.2. The summed E-state index contributed by atoms with van der Waals surface area (Å²) in [5, 5.41) is 0. The molecular weight excluding hydrogens is 554 g/mol. The number of hydrogen-bond acceptors (Lipinski definition) is 4. The summed E-state index contributed by atoms with van der Waals surface area (Å²) in [5.41, 5.74) is -1.22. The van der Waals surface area contributed by atoms with Crippen molar-refractivity contribution in [2.24, 2.45) is 0 Å². The van der Waals surface area contributed by atoms with Gasteiger partial charge < -0.3 is 13.9 Å². The Labute approximate surface area is 198 Å². The Morgan fingerprint density at radius 3 is 2.16 bits per heavy atom. The van der Waals surface area contributed by atoms with Crippen molar-refractivity contribution in [3.63, 3.8) is 0 Å². The van der Waals surface area contributed by atoms with Gasteiger partial charge in [0.2, 0.25) is 5.91 Å². The second-order valence-electron chi connectivity index (χ2n) is 8.69. The fraction of sp³-hybridized carbons (Fsp3) is 0.667. The maximum atomic E-state index is 14.3. The Hall–Kier alpha value is -0.353. The second-order valence-corrected chi connectivity index (χ2v) is 24.8. The van der Waals surface area contributed by atoms with Crippen LogP contribution in [0.15, 0.2) is 18.2 Å². The van der Waals surface area contributed by atoms with Gasteiger partial charge in [0.05, 0.1) is 19.3 Å². The minimum Gasteiger partial charge on any atom is -0.332 e. The summed E-state index contributed by atoms with van der Waals surface area (Å²) in [5.74, 6) is -1.64. The van der Waals surface area contributed by atoms with Crippen LogP contribution in [-0.4, -0.2) is 41.3 Å². The predicted molar refractivity (Wildman–Crippen MR) is 130 cm³/mol. The first kappa shape index (κ1) is 26.9. The lowest BCUT2D eigenvalue weighted by atomic mass is 10.0. The summed E-state index contributed by atoms with van der Waals surface area (Å²) < 4.78 is 51.4. The van der Waals surface area contributed by atoms with Gasteiger partial charge in [-0.1, -0.05) is 25.7 Å². The predicted octanol–water partition coefficient (Wildman–Crippen LogP) is 6.68. The first-order chi connectivity index (χ1) is 14.4. The molecule has 10 heteroatoms. The van der Waals surface area contributed by atoms with Crippen molar-refractivity contribution in [3.8, 4) is 0 Å². The lowest BCUT2D eigenvalue weighted by Crippen LogP contribution is -2.48. The molecular formula is C21H33F2INO4PSi. The molecule has 1 unspecified atom stereocenters. The molecule has 1 aromatic carbocycles. The molecule has 1 amide bonds. The molecule has 2 aliphatic rings. The number of benzene rings is 1. The summed E-state index contributed by atoms with van der Waals surface area (Å²) in [6, 6.07) is 2.92. The first-order valence-corrected chi connectivity index (χ1v) is 19.0. The van der Waals surface area contributed by atoms with E-state index in [1.54, 1.807) is 18.7 Å². The number of piperidine rings is 1. The number of hydrogen-bond donors (Lipinski definition) is 0. The molecule has 2 saturated heterocycles. The molecule has 2 heterocycles. The third kappa shape index (κ3) is 7.06. The zero-order valence-corrected chi connectivity index (χ0v) is 22.9. The summed E-state index contributed by atoms with van der Waals surface area (Å²) in [6.45, 7) is 10.7. The van der Waals surface area contributed by atoms with E-state index in [1.165, 1.54) is 12.1 Å². The minimum absolute atomic E-state index is 0.0232. The third-order valence-electron chi connectivity index (χ3n) is 5.14. The topological polar surface area (TPSA) is 55.8 Å². The molecule has 0 aliphatic carbocycles. The van der Waals surface area contributed by atoms with Gasteiger partial charge in [-0.2, -0.15) is 0 Å². The molecule has 0 bridgehead atoms. The van der Waals surface area contributed by atoms with E-state index in [2.05, 4.69) is 41.4 Å². The van der Waals surface area contributed by atoms with Crippen LogP contribution in [0.5, 0.6) is 0 Å². The van der Waals surface area contributed by atoms with E-state index in [-0.39, 0.29) is 25.2 Å². The average Bonchev–Trinajstić information content (AvgIpc) is 3.05. The third-order valence-corrected chi connectivity index (χ3v) is 7.62. The van der Waals surface area contributed by atoms with Crippen molar-refractivity contribution in [1.29, 1.82) is 0 Å². The summed E-state index contributed by atoms with van der Waals surface area (Å²) in [4.78, 5) is 14.8. The van der Waals surface area contributed by atoms with Crippen molar-refractivity contribution in [2.75, 3.05) is 13.2 Å². The van der Waals surface area contributed by atoms with Crippen LogP contribution >= 0.6 is 29.4 Å². The Morgan fingerprint density at radius 1 is 1.10 bits per heavy atom. The van der Waals surface area contributed by atoms with Gasteiger partial charge in [-0.25, -0.2) is 8.78 Å². The van der Waals surface area contributed by atoms with Gasteiger partial charge in [0.15, 0.2) is 0 Å². The van der Waals surface area contributed by atoms with E-state index in [4.69, 9.17) is 9.05 Å². The lowest BCUT2D eigenvalue weighted by Gasteiger charge is -2.40. The van der Waals surface area contributed by atoms with Crippen LogP contribution in [0.3, 0.4) is 0 Å². The van der Waals surface area contributed by atoms with Crippen molar-refractivity contribution >= 4 is 40.9 Å². The van der Waals surface area contributed by atoms with E-state index < -0.39 is 36.5 Å². The quantitative estimate of drug-likeness (QED) is 0.161. The highest BCUT2D eigenvalue weighted by atomic mass is 127. The van der Waals surface area contributed by atoms with Crippen molar-refractivity contribution < 1.29 is 27.2 Å². The molecule has 0 aromatic heterocycles. The number of fused-ring (bicyclic) bond motifs is 1. The SMILES string of the molecule is CCOP(=O)(OCC)C1CC[C@H]2CC[C@@H](c3ccc(F)cc3F)N2C1=O.C[Si](C)(C)I. The fourth-order valence-corrected chi connectivity index (χ4v) is 6.12. The Balaban J connectivity index is 0.000000614. The Kier molecular flexibility index (Phi) is 9.70. The van der Waals surface area contributed by atoms with E-state index in [1.807, 2.05) is 0 Å². The highest BCUT2D eigenvalue weighted by Gasteiger charge is 2.51. The number of halogens is 3. The molecule has 176 valence electrons. The fourth-order valence-electron chi connectivity index (χ4n) is 4.09. The van der Waals surface area contributed by atoms with Crippen LogP contribution in [0.25, 0.3) is 0 Å². The molecule has 0 radical (unpaired) electrons. The number of nitrogens with zero attached hydrogens (tertiary/aromatic N) is 1. The number of carbonyl (C=O) groups excluding carboxylic acids is 1. The molecule has 2 aliphatic heterocycles. The van der Waals surface area contributed by atoms with E-state index in [0.29, 0.717) is 24.8 Å². The van der Waals surface area contributed by atoms with Crippen LogP contribution in [0.2, 0.25) is 19.6 Å². The summed E-state index contributed by atoms with van der Waals surface area (Å²) in [7, 11) is -3.58. The maximum absolute atomic E-state index is 14.3. The van der Waals surface area contributed by atoms with Gasteiger partial charge in [0, 0.05) is 17.7 Å². The average molecular weight is 587 g/mol. The van der Waals surface area contributed by atoms with Crippen LogP contribution in [0.1, 0.15) is 51.1 Å². The molecule has 0 N–H and O–H groups in total. The number of carbonyl (C=O) groups is 1. The van der Waals surface area contributed by atoms with E-state index in [0.717, 1.165) is 12.5 Å². The Bertz CT molecular complexity index is 807. The van der Waals surface area contributed by atoms with Crippen molar-refractivity contribution in [3.05, 3.63) is 35.4 Å². The minimum atomic E-state index is -3.58. The Morgan fingerprint density at radius 2 is 1.65 bits per heavy atom. The van der Waals surface area contributed by atoms with E-state index >= 15 is 0 Å². The van der Waals surface area contributed by atoms with Crippen LogP contribution < -0.4 is 0 Å².